The van der Waals surface area contributed by atoms with Crippen molar-refractivity contribution in [3.8, 4) is 0 Å². The number of carbonyl (C=O) groups is 2. The first-order valence-electron chi connectivity index (χ1n) is 14.4. The van der Waals surface area contributed by atoms with E-state index in [9.17, 15) is 24.2 Å². The van der Waals surface area contributed by atoms with Crippen LogP contribution in [0.15, 0.2) is 24.3 Å². The number of benzene rings is 1. The highest BCUT2D eigenvalue weighted by molar-refractivity contribution is 5.94. The molecule has 9 nitrogen and oxygen atoms in total. The largest absolute Gasteiger partial charge is 0.388 e. The van der Waals surface area contributed by atoms with Gasteiger partial charge in [0, 0.05) is 45.3 Å². The van der Waals surface area contributed by atoms with Crippen LogP contribution in [0.5, 0.6) is 0 Å². The molecule has 0 aliphatic carbocycles. The standard InChI is InChI=1S/C29H46FN3O6/c1-21(2)11-18-39-26-19-33(29(37)23-7-3-4-8-24(23)30)16-15-32(28(36)22-9-12-31-13-10-22)14-5-6-17-38-20-25(34)27(26)35/h3-4,7-8,21-22,25-27,31,34-35H,5-6,9-20H2,1-2H3/t25-,26-,27-/m1/s1. The van der Waals surface area contributed by atoms with Crippen LogP contribution in [-0.2, 0) is 14.3 Å². The van der Waals surface area contributed by atoms with E-state index in [2.05, 4.69) is 19.2 Å². The number of amides is 2. The lowest BCUT2D eigenvalue weighted by Crippen LogP contribution is -2.51. The second-order valence-electron chi connectivity index (χ2n) is 11.0. The number of ether oxygens (including phenoxy) is 2. The van der Waals surface area contributed by atoms with Gasteiger partial charge in [0.05, 0.1) is 12.2 Å². The van der Waals surface area contributed by atoms with Crippen LogP contribution in [0.3, 0.4) is 0 Å². The Bertz CT molecular complexity index is 898. The summed E-state index contributed by atoms with van der Waals surface area (Å²) in [7, 11) is 0. The third kappa shape index (κ3) is 9.79. The maximum absolute atomic E-state index is 14.7. The van der Waals surface area contributed by atoms with Crippen LogP contribution < -0.4 is 5.32 Å². The average Bonchev–Trinajstić information content (AvgIpc) is 2.93. The van der Waals surface area contributed by atoms with Crippen LogP contribution in [0.25, 0.3) is 0 Å². The minimum Gasteiger partial charge on any atom is -0.388 e. The van der Waals surface area contributed by atoms with Gasteiger partial charge in [-0.15, -0.1) is 0 Å². The lowest BCUT2D eigenvalue weighted by Gasteiger charge is -2.35. The molecule has 3 atom stereocenters. The van der Waals surface area contributed by atoms with Gasteiger partial charge in [0.25, 0.3) is 5.91 Å². The number of hydrogen-bond donors (Lipinski definition) is 3. The summed E-state index contributed by atoms with van der Waals surface area (Å²) in [5, 5.41) is 24.9. The van der Waals surface area contributed by atoms with Crippen molar-refractivity contribution in [2.24, 2.45) is 11.8 Å². The van der Waals surface area contributed by atoms with Gasteiger partial charge in [-0.2, -0.15) is 0 Å². The third-order valence-electron chi connectivity index (χ3n) is 7.49. The van der Waals surface area contributed by atoms with Gasteiger partial charge in [0.2, 0.25) is 5.91 Å². The Labute approximate surface area is 231 Å². The molecule has 1 aromatic rings. The Kier molecular flexibility index (Phi) is 13.1. The zero-order valence-corrected chi connectivity index (χ0v) is 23.4. The summed E-state index contributed by atoms with van der Waals surface area (Å²) in [6.45, 7) is 7.23. The molecule has 0 spiro atoms. The van der Waals surface area contributed by atoms with Crippen molar-refractivity contribution in [1.29, 1.82) is 0 Å². The Morgan fingerprint density at radius 1 is 1.10 bits per heavy atom. The first-order valence-corrected chi connectivity index (χ1v) is 14.4. The molecule has 2 heterocycles. The minimum absolute atomic E-state index is 0.0683. The van der Waals surface area contributed by atoms with Crippen molar-refractivity contribution in [2.45, 2.75) is 64.3 Å². The van der Waals surface area contributed by atoms with E-state index in [0.29, 0.717) is 38.5 Å². The van der Waals surface area contributed by atoms with E-state index in [1.807, 2.05) is 4.90 Å². The van der Waals surface area contributed by atoms with Crippen LogP contribution >= 0.6 is 0 Å². The number of aliphatic hydroxyl groups is 2. The summed E-state index contributed by atoms with van der Waals surface area (Å²) >= 11 is 0. The molecule has 220 valence electrons. The first kappa shape index (κ1) is 31.4. The highest BCUT2D eigenvalue weighted by atomic mass is 19.1. The van der Waals surface area contributed by atoms with Crippen LogP contribution in [0.2, 0.25) is 0 Å². The number of rotatable bonds is 6. The zero-order valence-electron chi connectivity index (χ0n) is 23.4. The molecule has 39 heavy (non-hydrogen) atoms. The van der Waals surface area contributed by atoms with E-state index in [-0.39, 0.29) is 43.6 Å². The van der Waals surface area contributed by atoms with E-state index in [0.717, 1.165) is 32.4 Å². The first-order chi connectivity index (χ1) is 18.8. The van der Waals surface area contributed by atoms with Gasteiger partial charge in [-0.05, 0) is 63.2 Å². The van der Waals surface area contributed by atoms with Gasteiger partial charge < -0.3 is 34.8 Å². The Hall–Kier alpha value is -2.11. The molecule has 3 N–H and O–H groups in total. The van der Waals surface area contributed by atoms with Crippen LogP contribution in [0.1, 0.15) is 56.3 Å². The van der Waals surface area contributed by atoms with Crippen molar-refractivity contribution in [3.63, 3.8) is 0 Å². The van der Waals surface area contributed by atoms with Crippen molar-refractivity contribution in [2.75, 3.05) is 59.1 Å². The number of hydrogen-bond acceptors (Lipinski definition) is 7. The molecule has 0 saturated carbocycles. The van der Waals surface area contributed by atoms with E-state index in [4.69, 9.17) is 9.47 Å². The van der Waals surface area contributed by atoms with Crippen molar-refractivity contribution >= 4 is 11.8 Å². The highest BCUT2D eigenvalue weighted by Crippen LogP contribution is 2.19. The smallest absolute Gasteiger partial charge is 0.256 e. The molecule has 1 aromatic carbocycles. The van der Waals surface area contributed by atoms with E-state index >= 15 is 0 Å². The molecular weight excluding hydrogens is 505 g/mol. The van der Waals surface area contributed by atoms with E-state index in [1.54, 1.807) is 6.07 Å². The molecular formula is C29H46FN3O6. The van der Waals surface area contributed by atoms with Crippen molar-refractivity contribution in [1.82, 2.24) is 15.1 Å². The molecule has 2 saturated heterocycles. The average molecular weight is 552 g/mol. The summed E-state index contributed by atoms with van der Waals surface area (Å²) in [5.74, 6) is -0.829. The van der Waals surface area contributed by atoms with Gasteiger partial charge >= 0.3 is 0 Å². The molecule has 3 rings (SSSR count). The Morgan fingerprint density at radius 3 is 2.54 bits per heavy atom. The highest BCUT2D eigenvalue weighted by Gasteiger charge is 2.33. The number of nitrogens with zero attached hydrogens (tertiary/aromatic N) is 2. The molecule has 2 fully saturated rings. The SMILES string of the molecule is CC(C)CCO[C@@H]1CN(C(=O)c2ccccc2F)CCN(C(=O)C2CCNCC2)CCCCOC[C@@H](O)[C@H]1O. The van der Waals surface area contributed by atoms with Gasteiger partial charge in [-0.25, -0.2) is 4.39 Å². The number of carbonyl (C=O) groups excluding carboxylic acids is 2. The molecule has 10 heteroatoms. The van der Waals surface area contributed by atoms with E-state index in [1.165, 1.54) is 23.1 Å². The predicted octanol–water partition coefficient (Wildman–Crippen LogP) is 2.06. The summed E-state index contributed by atoms with van der Waals surface area (Å²) in [5.41, 5.74) is -0.0888. The fourth-order valence-corrected chi connectivity index (χ4v) is 4.97. The Morgan fingerprint density at radius 2 is 1.82 bits per heavy atom. The number of nitrogens with one attached hydrogen (secondary N) is 1. The molecule has 0 aromatic heterocycles. The monoisotopic (exact) mass is 551 g/mol. The topological polar surface area (TPSA) is 112 Å². The van der Waals surface area contributed by atoms with Gasteiger partial charge in [0.1, 0.15) is 24.1 Å². The second-order valence-corrected chi connectivity index (χ2v) is 11.0. The quantitative estimate of drug-likeness (QED) is 0.496. The number of halogens is 1. The fraction of sp³-hybridized carbons (Fsp3) is 0.724. The molecule has 0 bridgehead atoms. The summed E-state index contributed by atoms with van der Waals surface area (Å²) in [4.78, 5) is 30.3. The molecule has 2 aliphatic heterocycles. The van der Waals surface area contributed by atoms with Gasteiger partial charge in [-0.1, -0.05) is 26.0 Å². The number of piperidine rings is 1. The normalized spacial score (nSPS) is 24.9. The lowest BCUT2D eigenvalue weighted by molar-refractivity contribution is -0.137. The summed E-state index contributed by atoms with van der Waals surface area (Å²) in [6.07, 6.45) is 0.217. The number of aliphatic hydroxyl groups excluding tert-OH is 2. The lowest BCUT2D eigenvalue weighted by atomic mass is 9.96. The minimum atomic E-state index is -1.32. The molecule has 0 radical (unpaired) electrons. The maximum atomic E-state index is 14.7. The molecule has 0 unspecified atom stereocenters. The zero-order chi connectivity index (χ0) is 28.2. The van der Waals surface area contributed by atoms with Crippen molar-refractivity contribution in [3.05, 3.63) is 35.6 Å². The Balaban J connectivity index is 1.87. The van der Waals surface area contributed by atoms with Crippen LogP contribution in [-0.4, -0.2) is 109 Å². The molecule has 2 amide bonds. The third-order valence-corrected chi connectivity index (χ3v) is 7.49. The van der Waals surface area contributed by atoms with Gasteiger partial charge in [-0.3, -0.25) is 9.59 Å². The predicted molar refractivity (Wildman–Crippen MR) is 146 cm³/mol. The fourth-order valence-electron chi connectivity index (χ4n) is 4.97. The molecule has 2 aliphatic rings. The van der Waals surface area contributed by atoms with Crippen molar-refractivity contribution < 1.29 is 33.7 Å². The van der Waals surface area contributed by atoms with Crippen LogP contribution in [0, 0.1) is 17.7 Å². The van der Waals surface area contributed by atoms with Crippen LogP contribution in [0.4, 0.5) is 4.39 Å². The second kappa shape index (κ2) is 16.2. The summed E-state index contributed by atoms with van der Waals surface area (Å²) < 4.78 is 26.3. The summed E-state index contributed by atoms with van der Waals surface area (Å²) in [6, 6.07) is 5.78. The van der Waals surface area contributed by atoms with E-state index < -0.39 is 30.0 Å². The maximum Gasteiger partial charge on any atom is 0.256 e. The van der Waals surface area contributed by atoms with Gasteiger partial charge in [0.15, 0.2) is 0 Å².